The van der Waals surface area contributed by atoms with Crippen LogP contribution in [0, 0.1) is 12.7 Å². The van der Waals surface area contributed by atoms with Gasteiger partial charge in [-0.05, 0) is 38.0 Å². The molecule has 3 nitrogen and oxygen atoms in total. The van der Waals surface area contributed by atoms with Gasteiger partial charge in [-0.1, -0.05) is 13.3 Å². The monoisotopic (exact) mass is 267 g/mol. The van der Waals surface area contributed by atoms with Gasteiger partial charge in [0.2, 0.25) is 0 Å². The molecule has 0 fully saturated rings. The Morgan fingerprint density at radius 2 is 2.05 bits per heavy atom. The molecule has 106 valence electrons. The number of halogens is 1. The fourth-order valence-electron chi connectivity index (χ4n) is 2.03. The highest BCUT2D eigenvalue weighted by Gasteiger charge is 2.16. The number of anilines is 1. The van der Waals surface area contributed by atoms with Gasteiger partial charge in [-0.3, -0.25) is 4.79 Å². The van der Waals surface area contributed by atoms with E-state index < -0.39 is 0 Å². The van der Waals surface area contributed by atoms with Crippen molar-refractivity contribution in [2.75, 3.05) is 24.6 Å². The number of ketones is 1. The minimum Gasteiger partial charge on any atom is -0.395 e. The standard InChI is InChI=1S/C15H22FNO2/c1-4-5-6-17(7-8-18)15-9-11(2)14(16)10-13(15)12(3)19/h9-10,18H,4-8H2,1-3H3. The summed E-state index contributed by atoms with van der Waals surface area (Å²) in [5.74, 6) is -0.526. The van der Waals surface area contributed by atoms with Crippen LogP contribution in [0.5, 0.6) is 0 Å². The van der Waals surface area contributed by atoms with Crippen molar-refractivity contribution >= 4 is 11.5 Å². The predicted octanol–water partition coefficient (Wildman–Crippen LogP) is 2.94. The van der Waals surface area contributed by atoms with Crippen LogP contribution in [0.3, 0.4) is 0 Å². The Balaban J connectivity index is 3.19. The second kappa shape index (κ2) is 7.24. The molecule has 0 radical (unpaired) electrons. The van der Waals surface area contributed by atoms with Gasteiger partial charge in [0, 0.05) is 24.3 Å². The van der Waals surface area contributed by atoms with Gasteiger partial charge in [0.25, 0.3) is 0 Å². The molecule has 0 saturated heterocycles. The first-order chi connectivity index (χ1) is 9.01. The first-order valence-electron chi connectivity index (χ1n) is 6.68. The second-order valence-corrected chi connectivity index (χ2v) is 4.74. The van der Waals surface area contributed by atoms with Gasteiger partial charge in [0.05, 0.1) is 6.61 Å². The number of carbonyl (C=O) groups is 1. The first kappa shape index (κ1) is 15.6. The fraction of sp³-hybridized carbons (Fsp3) is 0.533. The summed E-state index contributed by atoms with van der Waals surface area (Å²) >= 11 is 0. The molecule has 0 aliphatic rings. The summed E-state index contributed by atoms with van der Waals surface area (Å²) in [7, 11) is 0. The molecule has 0 amide bonds. The van der Waals surface area contributed by atoms with Gasteiger partial charge in [-0.15, -0.1) is 0 Å². The fourth-order valence-corrected chi connectivity index (χ4v) is 2.03. The Morgan fingerprint density at radius 3 is 2.58 bits per heavy atom. The number of unbranched alkanes of at least 4 members (excludes halogenated alkanes) is 1. The van der Waals surface area contributed by atoms with Crippen molar-refractivity contribution in [3.63, 3.8) is 0 Å². The summed E-state index contributed by atoms with van der Waals surface area (Å²) in [5, 5.41) is 9.15. The smallest absolute Gasteiger partial charge is 0.161 e. The molecule has 0 saturated carbocycles. The maximum atomic E-state index is 13.6. The van der Waals surface area contributed by atoms with E-state index >= 15 is 0 Å². The Bertz CT molecular complexity index is 446. The van der Waals surface area contributed by atoms with E-state index in [4.69, 9.17) is 5.11 Å². The minimum atomic E-state index is -0.367. The summed E-state index contributed by atoms with van der Waals surface area (Å²) in [6.07, 6.45) is 1.99. The van der Waals surface area contributed by atoms with E-state index in [1.54, 1.807) is 13.0 Å². The molecule has 1 rings (SSSR count). The predicted molar refractivity (Wildman–Crippen MR) is 75.3 cm³/mol. The van der Waals surface area contributed by atoms with E-state index in [2.05, 4.69) is 6.92 Å². The third kappa shape index (κ3) is 4.03. The Kier molecular flexibility index (Phi) is 5.96. The highest BCUT2D eigenvalue weighted by atomic mass is 19.1. The van der Waals surface area contributed by atoms with Gasteiger partial charge in [0.15, 0.2) is 5.78 Å². The van der Waals surface area contributed by atoms with Crippen LogP contribution in [0.25, 0.3) is 0 Å². The van der Waals surface area contributed by atoms with Gasteiger partial charge in [0.1, 0.15) is 5.82 Å². The molecule has 0 aliphatic heterocycles. The van der Waals surface area contributed by atoms with Gasteiger partial charge >= 0.3 is 0 Å². The molecular weight excluding hydrogens is 245 g/mol. The van der Waals surface area contributed by atoms with Crippen LogP contribution in [0.1, 0.15) is 42.6 Å². The Labute approximate surface area is 114 Å². The summed E-state index contributed by atoms with van der Waals surface area (Å²) in [6.45, 7) is 6.41. The lowest BCUT2D eigenvalue weighted by Crippen LogP contribution is -2.29. The zero-order valence-electron chi connectivity index (χ0n) is 11.9. The normalized spacial score (nSPS) is 10.6. The van der Waals surface area contributed by atoms with Crippen LogP contribution < -0.4 is 4.90 Å². The second-order valence-electron chi connectivity index (χ2n) is 4.74. The Hall–Kier alpha value is -1.42. The molecule has 0 aliphatic carbocycles. The number of carbonyl (C=O) groups excluding carboxylic acids is 1. The van der Waals surface area contributed by atoms with Gasteiger partial charge in [-0.25, -0.2) is 4.39 Å². The Morgan fingerprint density at radius 1 is 1.37 bits per heavy atom. The first-order valence-corrected chi connectivity index (χ1v) is 6.68. The number of hydrogen-bond donors (Lipinski definition) is 1. The summed E-state index contributed by atoms with van der Waals surface area (Å²) < 4.78 is 13.6. The van der Waals surface area contributed by atoms with Gasteiger partial charge < -0.3 is 10.0 Å². The number of nitrogens with zero attached hydrogens (tertiary/aromatic N) is 1. The molecular formula is C15H22FNO2. The van der Waals surface area contributed by atoms with Crippen molar-refractivity contribution in [2.24, 2.45) is 0 Å². The topological polar surface area (TPSA) is 40.5 Å². The van der Waals surface area contributed by atoms with E-state index in [0.29, 0.717) is 23.4 Å². The largest absolute Gasteiger partial charge is 0.395 e. The van der Waals surface area contributed by atoms with Crippen LogP contribution >= 0.6 is 0 Å². The summed E-state index contributed by atoms with van der Waals surface area (Å²) in [5.41, 5.74) is 1.61. The molecule has 19 heavy (non-hydrogen) atoms. The van der Waals surface area contributed by atoms with Crippen molar-refractivity contribution in [2.45, 2.75) is 33.6 Å². The average Bonchev–Trinajstić information content (AvgIpc) is 2.37. The lowest BCUT2D eigenvalue weighted by atomic mass is 10.0. The molecule has 0 unspecified atom stereocenters. The summed E-state index contributed by atoms with van der Waals surface area (Å²) in [4.78, 5) is 13.6. The molecule has 0 heterocycles. The minimum absolute atomic E-state index is 0.0114. The number of aliphatic hydroxyl groups excluding tert-OH is 1. The quantitative estimate of drug-likeness (QED) is 0.772. The number of aliphatic hydroxyl groups is 1. The molecule has 0 bridgehead atoms. The van der Waals surface area contributed by atoms with Crippen molar-refractivity contribution in [1.82, 2.24) is 0 Å². The number of rotatable bonds is 7. The van der Waals surface area contributed by atoms with E-state index in [1.807, 2.05) is 4.90 Å². The van der Waals surface area contributed by atoms with Crippen LogP contribution in [-0.4, -0.2) is 30.6 Å². The van der Waals surface area contributed by atoms with E-state index in [1.165, 1.54) is 13.0 Å². The maximum Gasteiger partial charge on any atom is 0.161 e. The number of benzene rings is 1. The lowest BCUT2D eigenvalue weighted by molar-refractivity contribution is 0.101. The molecule has 1 aromatic carbocycles. The maximum absolute atomic E-state index is 13.6. The third-order valence-electron chi connectivity index (χ3n) is 3.15. The molecule has 1 aromatic rings. The SMILES string of the molecule is CCCCN(CCO)c1cc(C)c(F)cc1C(C)=O. The molecule has 4 heteroatoms. The van der Waals surface area contributed by atoms with Crippen LogP contribution in [-0.2, 0) is 0 Å². The van der Waals surface area contributed by atoms with E-state index in [0.717, 1.165) is 19.4 Å². The zero-order chi connectivity index (χ0) is 14.4. The highest BCUT2D eigenvalue weighted by Crippen LogP contribution is 2.25. The van der Waals surface area contributed by atoms with E-state index in [9.17, 15) is 9.18 Å². The van der Waals surface area contributed by atoms with Crippen molar-refractivity contribution < 1.29 is 14.3 Å². The van der Waals surface area contributed by atoms with Crippen molar-refractivity contribution in [1.29, 1.82) is 0 Å². The zero-order valence-corrected chi connectivity index (χ0v) is 11.9. The average molecular weight is 267 g/mol. The summed E-state index contributed by atoms with van der Waals surface area (Å²) in [6, 6.07) is 2.99. The number of aryl methyl sites for hydroxylation is 1. The number of Topliss-reactive ketones (excluding diaryl/α,β-unsaturated/α-hetero) is 1. The van der Waals surface area contributed by atoms with Crippen LogP contribution in [0.2, 0.25) is 0 Å². The van der Waals surface area contributed by atoms with Crippen molar-refractivity contribution in [3.05, 3.63) is 29.1 Å². The third-order valence-corrected chi connectivity index (χ3v) is 3.15. The number of hydrogen-bond acceptors (Lipinski definition) is 3. The lowest BCUT2D eigenvalue weighted by Gasteiger charge is -2.26. The highest BCUT2D eigenvalue weighted by molar-refractivity contribution is 5.99. The van der Waals surface area contributed by atoms with Crippen LogP contribution in [0.4, 0.5) is 10.1 Å². The van der Waals surface area contributed by atoms with Crippen molar-refractivity contribution in [3.8, 4) is 0 Å². The van der Waals surface area contributed by atoms with Gasteiger partial charge in [-0.2, -0.15) is 0 Å². The molecule has 0 aromatic heterocycles. The van der Waals surface area contributed by atoms with E-state index in [-0.39, 0.29) is 18.2 Å². The molecule has 0 spiro atoms. The van der Waals surface area contributed by atoms with Crippen LogP contribution in [0.15, 0.2) is 12.1 Å². The molecule has 0 atom stereocenters. The molecule has 1 N–H and O–H groups in total.